The van der Waals surface area contributed by atoms with Crippen molar-refractivity contribution in [2.75, 3.05) is 0 Å². The van der Waals surface area contributed by atoms with E-state index in [4.69, 9.17) is 6.63 Å². The van der Waals surface area contributed by atoms with E-state index in [-0.39, 0.29) is 11.8 Å². The fourth-order valence-electron chi connectivity index (χ4n) is 3.22. The predicted octanol–water partition coefficient (Wildman–Crippen LogP) is 2.58. The summed E-state index contributed by atoms with van der Waals surface area (Å²) >= 11 is 0. The smallest absolute Gasteiger partial charge is 0.0947 e. The third-order valence-electron chi connectivity index (χ3n) is 3.78. The lowest BCUT2D eigenvalue weighted by Crippen LogP contribution is -1.92. The molecule has 0 saturated heterocycles. The van der Waals surface area contributed by atoms with E-state index in [0.717, 1.165) is 5.57 Å². The molecule has 4 atom stereocenters. The van der Waals surface area contributed by atoms with Crippen molar-refractivity contribution in [3.05, 3.63) is 47.0 Å². The molecule has 4 rings (SSSR count). The number of hydrogen-bond acceptors (Lipinski definition) is 1. The zero-order chi connectivity index (χ0) is 10.2. The molecule has 3 aliphatic rings. The average molecular weight is 180 g/mol. The van der Waals surface area contributed by atoms with E-state index in [0.29, 0.717) is 5.92 Å². The molecule has 0 aliphatic heterocycles. The number of fused-ring (bicyclic) bond motifs is 4. The molecule has 14 heavy (non-hydrogen) atoms. The van der Waals surface area contributed by atoms with E-state index in [1.54, 1.807) is 0 Å². The van der Waals surface area contributed by atoms with E-state index in [2.05, 4.69) is 18.2 Å². The van der Waals surface area contributed by atoms with Crippen LogP contribution in [0.2, 0.25) is 0 Å². The molecule has 1 nitrogen and oxygen atoms in total. The van der Waals surface area contributed by atoms with Crippen LogP contribution in [0.3, 0.4) is 0 Å². The van der Waals surface area contributed by atoms with Gasteiger partial charge in [-0.1, -0.05) is 30.3 Å². The molecule has 0 heterocycles. The lowest BCUT2D eigenvalue weighted by atomic mass is 9.98. The number of nitrogens with zero attached hydrogens (tertiary/aromatic N) is 1. The van der Waals surface area contributed by atoms with Crippen molar-refractivity contribution in [1.82, 2.24) is 0 Å². The summed E-state index contributed by atoms with van der Waals surface area (Å²) in [7, 11) is 0. The first-order valence-electron chi connectivity index (χ1n) is 5.49. The van der Waals surface area contributed by atoms with Crippen molar-refractivity contribution in [1.29, 1.82) is 5.26 Å². The minimum absolute atomic E-state index is 0.179. The molecular formula is C13H9N. The third kappa shape index (κ3) is 0.543. The fourth-order valence-corrected chi connectivity index (χ4v) is 3.22. The van der Waals surface area contributed by atoms with Crippen LogP contribution >= 0.6 is 0 Å². The van der Waals surface area contributed by atoms with Gasteiger partial charge in [0.15, 0.2) is 0 Å². The highest BCUT2D eigenvalue weighted by Crippen LogP contribution is 2.73. The first-order valence-corrected chi connectivity index (χ1v) is 4.99. The molecule has 66 valence electrons. The molecule has 1 aromatic carbocycles. The van der Waals surface area contributed by atoms with Crippen LogP contribution in [-0.4, -0.2) is 0 Å². The largest absolute Gasteiger partial charge is 0.193 e. The van der Waals surface area contributed by atoms with E-state index in [9.17, 15) is 0 Å². The zero-order valence-corrected chi connectivity index (χ0v) is 7.57. The molecule has 1 fully saturated rings. The first-order chi connectivity index (χ1) is 7.28. The van der Waals surface area contributed by atoms with Crippen LogP contribution in [0.5, 0.6) is 0 Å². The Kier molecular flexibility index (Phi) is 0.832. The van der Waals surface area contributed by atoms with Gasteiger partial charge in [0.1, 0.15) is 0 Å². The van der Waals surface area contributed by atoms with Gasteiger partial charge in [0, 0.05) is 18.8 Å². The summed E-state index contributed by atoms with van der Waals surface area (Å²) in [5, 5.41) is 9.02. The second kappa shape index (κ2) is 1.93. The topological polar surface area (TPSA) is 23.8 Å². The van der Waals surface area contributed by atoms with Crippen LogP contribution in [0.15, 0.2) is 35.9 Å². The normalized spacial score (nSPS) is 46.1. The third-order valence-corrected chi connectivity index (χ3v) is 3.78. The Morgan fingerprint density at radius 1 is 1.21 bits per heavy atom. The van der Waals surface area contributed by atoms with Crippen LogP contribution in [0, 0.1) is 23.1 Å². The summed E-state index contributed by atoms with van der Waals surface area (Å²) in [4.78, 5) is 0. The maximum absolute atomic E-state index is 9.02. The Morgan fingerprint density at radius 2 is 2.00 bits per heavy atom. The highest BCUT2D eigenvalue weighted by molar-refractivity contribution is 5.59. The Hall–Kier alpha value is -1.55. The van der Waals surface area contributed by atoms with Gasteiger partial charge < -0.3 is 0 Å². The van der Waals surface area contributed by atoms with Crippen molar-refractivity contribution in [3.63, 3.8) is 0 Å². The quantitative estimate of drug-likeness (QED) is 0.602. The van der Waals surface area contributed by atoms with E-state index in [1.165, 1.54) is 11.1 Å². The molecule has 0 radical (unpaired) electrons. The number of rotatable bonds is 0. The minimum Gasteiger partial charge on any atom is -0.193 e. The molecule has 3 aliphatic carbocycles. The molecule has 1 saturated carbocycles. The number of hydrogen-bond donors (Lipinski definition) is 0. The van der Waals surface area contributed by atoms with Crippen LogP contribution in [0.4, 0.5) is 0 Å². The molecule has 0 spiro atoms. The molecule has 0 N–H and O–H groups in total. The van der Waals surface area contributed by atoms with E-state index >= 15 is 0 Å². The summed E-state index contributed by atoms with van der Waals surface area (Å²) in [6.07, 6.45) is 2.01. The van der Waals surface area contributed by atoms with Crippen molar-refractivity contribution in [2.45, 2.75) is 11.8 Å². The maximum Gasteiger partial charge on any atom is 0.0947 e. The molecular weight excluding hydrogens is 170 g/mol. The SMILES string of the molecule is [2H]C12C3C=C(C#N)C1C2c1ccccc13. The summed E-state index contributed by atoms with van der Waals surface area (Å²) in [6.45, 7) is 0. The first kappa shape index (κ1) is 6.03. The fraction of sp³-hybridized carbons (Fsp3) is 0.308. The van der Waals surface area contributed by atoms with Crippen LogP contribution in [0.25, 0.3) is 0 Å². The van der Waals surface area contributed by atoms with Gasteiger partial charge in [0.2, 0.25) is 0 Å². The van der Waals surface area contributed by atoms with Gasteiger partial charge in [-0.05, 0) is 22.9 Å². The number of benzene rings is 1. The minimum atomic E-state index is -0.394. The highest BCUT2D eigenvalue weighted by Gasteiger charge is 2.64. The van der Waals surface area contributed by atoms with Gasteiger partial charge in [-0.25, -0.2) is 0 Å². The molecule has 0 bridgehead atoms. The lowest BCUT2D eigenvalue weighted by molar-refractivity contribution is 0.749. The maximum atomic E-state index is 9.02. The van der Waals surface area contributed by atoms with Crippen molar-refractivity contribution in [2.24, 2.45) is 11.8 Å². The van der Waals surface area contributed by atoms with Gasteiger partial charge in [0.05, 0.1) is 6.07 Å². The van der Waals surface area contributed by atoms with Crippen LogP contribution in [-0.2, 0) is 0 Å². The Balaban J connectivity index is 1.99. The summed E-state index contributed by atoms with van der Waals surface area (Å²) in [5.41, 5.74) is 3.43. The Bertz CT molecular complexity index is 554. The molecule has 0 aromatic heterocycles. The molecule has 1 aromatic rings. The summed E-state index contributed by atoms with van der Waals surface area (Å²) in [6, 6.07) is 10.6. The molecule has 0 amide bonds. The van der Waals surface area contributed by atoms with Crippen molar-refractivity contribution >= 4 is 0 Å². The monoisotopic (exact) mass is 180 g/mol. The zero-order valence-electron chi connectivity index (χ0n) is 8.57. The van der Waals surface area contributed by atoms with Crippen LogP contribution in [0.1, 0.15) is 24.3 Å². The second-order valence-corrected chi connectivity index (χ2v) is 4.30. The Labute approximate surface area is 84.1 Å². The number of allylic oxidation sites excluding steroid dienone is 2. The molecule has 4 unspecified atom stereocenters. The standard InChI is InChI=1S/C13H9N/c14-6-7-5-10-8-3-1-2-4-9(8)12-11(7)13(10)12/h1-5,10-13H/i13D. The Morgan fingerprint density at radius 3 is 2.79 bits per heavy atom. The summed E-state index contributed by atoms with van der Waals surface area (Å²) < 4.78 is 8.45. The van der Waals surface area contributed by atoms with E-state index in [1.807, 2.05) is 18.2 Å². The second-order valence-electron chi connectivity index (χ2n) is 4.30. The lowest BCUT2D eigenvalue weighted by Gasteiger charge is -2.06. The van der Waals surface area contributed by atoms with Gasteiger partial charge in [-0.3, -0.25) is 0 Å². The predicted molar refractivity (Wildman–Crippen MR) is 52.6 cm³/mol. The van der Waals surface area contributed by atoms with Crippen molar-refractivity contribution in [3.8, 4) is 6.07 Å². The van der Waals surface area contributed by atoms with Crippen LogP contribution < -0.4 is 0 Å². The van der Waals surface area contributed by atoms with Gasteiger partial charge in [-0.15, -0.1) is 0 Å². The average Bonchev–Trinajstić information content (AvgIpc) is 2.73. The van der Waals surface area contributed by atoms with E-state index < -0.39 is 5.89 Å². The van der Waals surface area contributed by atoms with Gasteiger partial charge >= 0.3 is 0 Å². The van der Waals surface area contributed by atoms with Gasteiger partial charge in [0.25, 0.3) is 0 Å². The summed E-state index contributed by atoms with van der Waals surface area (Å²) in [5.74, 6) is 0.286. The molecule has 1 heteroatoms. The highest BCUT2D eigenvalue weighted by atomic mass is 14.7. The van der Waals surface area contributed by atoms with Gasteiger partial charge in [-0.2, -0.15) is 5.26 Å². The number of nitriles is 1. The van der Waals surface area contributed by atoms with Crippen molar-refractivity contribution < 1.29 is 1.37 Å².